The molecule has 1 atom stereocenters. The molecule has 0 spiro atoms. The lowest BCUT2D eigenvalue weighted by molar-refractivity contribution is 0.0586. The van der Waals surface area contributed by atoms with Crippen LogP contribution in [0.15, 0.2) is 12.3 Å². The summed E-state index contributed by atoms with van der Waals surface area (Å²) in [5, 5.41) is 9.11. The van der Waals surface area contributed by atoms with Crippen LogP contribution in [0.25, 0.3) is 0 Å². The number of anilines is 1. The minimum Gasteiger partial charge on any atom is -0.463 e. The van der Waals surface area contributed by atoms with Gasteiger partial charge in [0.1, 0.15) is 5.82 Å². The van der Waals surface area contributed by atoms with Crippen molar-refractivity contribution in [2.24, 2.45) is 0 Å². The van der Waals surface area contributed by atoms with E-state index in [1.165, 1.54) is 7.11 Å². The quantitative estimate of drug-likeness (QED) is 0.754. The summed E-state index contributed by atoms with van der Waals surface area (Å²) in [6, 6.07) is 4.08. The highest BCUT2D eigenvalue weighted by atomic mass is 16.5. The number of nitriles is 1. The van der Waals surface area contributed by atoms with Crippen molar-refractivity contribution in [1.82, 2.24) is 14.9 Å². The summed E-state index contributed by atoms with van der Waals surface area (Å²) in [6.45, 7) is 5.19. The topological polar surface area (TPSA) is 82.4 Å². The molecule has 0 aliphatic carbocycles. The van der Waals surface area contributed by atoms with Crippen molar-refractivity contribution < 1.29 is 9.53 Å². The Kier molecular flexibility index (Phi) is 5.06. The van der Waals surface area contributed by atoms with Gasteiger partial charge in [0.05, 0.1) is 19.2 Å². The first-order valence-corrected chi connectivity index (χ1v) is 6.99. The third-order valence-electron chi connectivity index (χ3n) is 3.62. The maximum absolute atomic E-state index is 11.5. The molecule has 1 aromatic heterocycles. The Morgan fingerprint density at radius 2 is 2.19 bits per heavy atom. The fraction of sp³-hybridized carbons (Fsp3) is 0.571. The number of carbonyl (C=O) groups excluding carboxylic acids is 1. The van der Waals surface area contributed by atoms with Gasteiger partial charge in [0.15, 0.2) is 0 Å². The first-order chi connectivity index (χ1) is 10.2. The van der Waals surface area contributed by atoms with Crippen LogP contribution in [-0.4, -0.2) is 60.2 Å². The number of esters is 1. The number of methoxy groups -OCH3 is 1. The summed E-state index contributed by atoms with van der Waals surface area (Å²) in [6.07, 6.45) is 2.39. The summed E-state index contributed by atoms with van der Waals surface area (Å²) >= 11 is 0. The molecule has 7 nitrogen and oxygen atoms in total. The highest BCUT2D eigenvalue weighted by Gasteiger charge is 2.23. The second-order valence-corrected chi connectivity index (χ2v) is 4.81. The Hall–Kier alpha value is -2.20. The van der Waals surface area contributed by atoms with Gasteiger partial charge in [-0.3, -0.25) is 4.90 Å². The van der Waals surface area contributed by atoms with Crippen molar-refractivity contribution in [1.29, 1.82) is 5.26 Å². The average molecular weight is 289 g/mol. The highest BCUT2D eigenvalue weighted by molar-refractivity contribution is 5.85. The molecule has 1 aromatic rings. The Bertz CT molecular complexity index is 534. The molecule has 0 aromatic carbocycles. The van der Waals surface area contributed by atoms with E-state index in [9.17, 15) is 4.79 Å². The van der Waals surface area contributed by atoms with Crippen LogP contribution in [0.4, 0.5) is 5.82 Å². The lowest BCUT2D eigenvalue weighted by atomic mass is 10.2. The average Bonchev–Trinajstić information content (AvgIpc) is 2.56. The van der Waals surface area contributed by atoms with Gasteiger partial charge in [0.25, 0.3) is 0 Å². The van der Waals surface area contributed by atoms with E-state index in [2.05, 4.69) is 30.6 Å². The van der Waals surface area contributed by atoms with E-state index < -0.39 is 5.97 Å². The highest BCUT2D eigenvalue weighted by Crippen LogP contribution is 2.15. The van der Waals surface area contributed by atoms with E-state index in [4.69, 9.17) is 5.26 Å². The van der Waals surface area contributed by atoms with Crippen molar-refractivity contribution in [3.8, 4) is 6.07 Å². The van der Waals surface area contributed by atoms with Gasteiger partial charge in [0.2, 0.25) is 5.82 Å². The molecule has 1 saturated heterocycles. The van der Waals surface area contributed by atoms with E-state index in [1.54, 1.807) is 12.3 Å². The summed E-state index contributed by atoms with van der Waals surface area (Å²) in [4.78, 5) is 23.9. The van der Waals surface area contributed by atoms with Gasteiger partial charge < -0.3 is 9.64 Å². The predicted octanol–water partition coefficient (Wildman–Crippen LogP) is 0.687. The molecule has 7 heteroatoms. The number of hydrogen-bond acceptors (Lipinski definition) is 7. The number of piperazine rings is 1. The molecule has 0 bridgehead atoms. The van der Waals surface area contributed by atoms with Crippen molar-refractivity contribution in [3.05, 3.63) is 18.1 Å². The van der Waals surface area contributed by atoms with Crippen LogP contribution >= 0.6 is 0 Å². The van der Waals surface area contributed by atoms with Gasteiger partial charge in [-0.1, -0.05) is 6.92 Å². The van der Waals surface area contributed by atoms with E-state index in [0.29, 0.717) is 0 Å². The molecular formula is C14H19N5O2. The Balaban J connectivity index is 2.02. The van der Waals surface area contributed by atoms with Crippen LogP contribution in [-0.2, 0) is 4.74 Å². The minimum atomic E-state index is -0.536. The lowest BCUT2D eigenvalue weighted by Gasteiger charge is -2.37. The van der Waals surface area contributed by atoms with Gasteiger partial charge in [-0.05, 0) is 12.5 Å². The van der Waals surface area contributed by atoms with Crippen LogP contribution in [0.1, 0.15) is 24.0 Å². The number of aromatic nitrogens is 2. The fourth-order valence-electron chi connectivity index (χ4n) is 2.41. The molecule has 21 heavy (non-hydrogen) atoms. The number of hydrogen-bond donors (Lipinski definition) is 0. The molecule has 0 amide bonds. The summed E-state index contributed by atoms with van der Waals surface area (Å²) in [5.74, 6) is 0.252. The van der Waals surface area contributed by atoms with Crippen molar-refractivity contribution in [2.75, 3.05) is 38.2 Å². The van der Waals surface area contributed by atoms with Crippen molar-refractivity contribution in [3.63, 3.8) is 0 Å². The second-order valence-electron chi connectivity index (χ2n) is 4.81. The maximum atomic E-state index is 11.5. The molecule has 0 N–H and O–H groups in total. The number of carbonyl (C=O) groups is 1. The van der Waals surface area contributed by atoms with Crippen LogP contribution in [0.5, 0.6) is 0 Å². The SMILES string of the molecule is CCC(C#N)N1CCN(c2ccnc(C(=O)OC)n2)CC1. The molecule has 2 heterocycles. The van der Waals surface area contributed by atoms with Gasteiger partial charge in [-0.15, -0.1) is 0 Å². The zero-order valence-corrected chi connectivity index (χ0v) is 12.3. The van der Waals surface area contributed by atoms with Crippen LogP contribution in [0.2, 0.25) is 0 Å². The molecule has 1 unspecified atom stereocenters. The van der Waals surface area contributed by atoms with E-state index in [-0.39, 0.29) is 11.9 Å². The third-order valence-corrected chi connectivity index (χ3v) is 3.62. The van der Waals surface area contributed by atoms with Crippen LogP contribution in [0, 0.1) is 11.3 Å². The second kappa shape index (κ2) is 6.99. The van der Waals surface area contributed by atoms with Gasteiger partial charge in [-0.25, -0.2) is 14.8 Å². The molecule has 1 aliphatic heterocycles. The van der Waals surface area contributed by atoms with E-state index in [0.717, 1.165) is 38.4 Å². The first kappa shape index (κ1) is 15.2. The third kappa shape index (κ3) is 3.47. The zero-order valence-electron chi connectivity index (χ0n) is 12.3. The molecule has 0 radical (unpaired) electrons. The Morgan fingerprint density at radius 1 is 1.48 bits per heavy atom. The largest absolute Gasteiger partial charge is 0.463 e. The monoisotopic (exact) mass is 289 g/mol. The zero-order chi connectivity index (χ0) is 15.2. The van der Waals surface area contributed by atoms with Crippen molar-refractivity contribution >= 4 is 11.8 Å². The number of nitrogens with zero attached hydrogens (tertiary/aromatic N) is 5. The van der Waals surface area contributed by atoms with Gasteiger partial charge >= 0.3 is 5.97 Å². The Morgan fingerprint density at radius 3 is 2.76 bits per heavy atom. The van der Waals surface area contributed by atoms with Crippen LogP contribution in [0.3, 0.4) is 0 Å². The van der Waals surface area contributed by atoms with E-state index in [1.807, 2.05) is 6.92 Å². The first-order valence-electron chi connectivity index (χ1n) is 6.99. The number of rotatable bonds is 4. The molecule has 1 aliphatic rings. The molecule has 112 valence electrons. The normalized spacial score (nSPS) is 17.1. The molecule has 1 fully saturated rings. The van der Waals surface area contributed by atoms with Crippen LogP contribution < -0.4 is 4.90 Å². The summed E-state index contributed by atoms with van der Waals surface area (Å²) in [7, 11) is 1.31. The maximum Gasteiger partial charge on any atom is 0.376 e. The smallest absolute Gasteiger partial charge is 0.376 e. The summed E-state index contributed by atoms with van der Waals surface area (Å²) < 4.78 is 4.63. The van der Waals surface area contributed by atoms with E-state index >= 15 is 0 Å². The van der Waals surface area contributed by atoms with Gasteiger partial charge in [-0.2, -0.15) is 5.26 Å². The van der Waals surface area contributed by atoms with Crippen molar-refractivity contribution in [2.45, 2.75) is 19.4 Å². The fourth-order valence-corrected chi connectivity index (χ4v) is 2.41. The molecular weight excluding hydrogens is 270 g/mol. The minimum absolute atomic E-state index is 0.0248. The van der Waals surface area contributed by atoms with Gasteiger partial charge in [0, 0.05) is 32.4 Å². The standard InChI is InChI=1S/C14H19N5O2/c1-3-11(10-15)18-6-8-19(9-7-18)12-4-5-16-13(17-12)14(20)21-2/h4-5,11H,3,6-9H2,1-2H3. The molecule has 0 saturated carbocycles. The summed E-state index contributed by atoms with van der Waals surface area (Å²) in [5.41, 5.74) is 0. The Labute approximate surface area is 124 Å². The number of ether oxygens (including phenoxy) is 1. The lowest BCUT2D eigenvalue weighted by Crippen LogP contribution is -2.50. The predicted molar refractivity (Wildman–Crippen MR) is 76.8 cm³/mol. The molecule has 2 rings (SSSR count).